The molecule has 3 fully saturated rings. The van der Waals surface area contributed by atoms with Gasteiger partial charge in [-0.3, -0.25) is 4.79 Å². The van der Waals surface area contributed by atoms with E-state index in [1.165, 1.54) is 11.3 Å². The lowest BCUT2D eigenvalue weighted by Gasteiger charge is -2.56. The van der Waals surface area contributed by atoms with Crippen LogP contribution >= 0.6 is 11.3 Å². The minimum Gasteiger partial charge on any atom is -0.444 e. The van der Waals surface area contributed by atoms with Gasteiger partial charge in [0.25, 0.3) is 5.91 Å². The molecule has 4 rings (SSSR count). The maximum absolute atomic E-state index is 12.5. The van der Waals surface area contributed by atoms with Crippen LogP contribution in [0.4, 0.5) is 4.79 Å². The van der Waals surface area contributed by atoms with Gasteiger partial charge in [-0.15, -0.1) is 11.3 Å². The lowest BCUT2D eigenvalue weighted by molar-refractivity contribution is -0.0619. The quantitative estimate of drug-likeness (QED) is 0.747. The molecule has 0 aromatic carbocycles. The Kier molecular flexibility index (Phi) is 4.77. The van der Waals surface area contributed by atoms with E-state index in [1.807, 2.05) is 33.1 Å². The molecule has 3 aliphatic carbocycles. The van der Waals surface area contributed by atoms with Crippen LogP contribution < -0.4 is 10.6 Å². The molecule has 3 N–H and O–H groups in total. The van der Waals surface area contributed by atoms with Crippen molar-refractivity contribution < 1.29 is 19.4 Å². The van der Waals surface area contributed by atoms with Crippen LogP contribution in [0.25, 0.3) is 0 Å². The van der Waals surface area contributed by atoms with E-state index in [4.69, 9.17) is 4.74 Å². The normalized spacial score (nSPS) is 30.7. The molecule has 2 bridgehead atoms. The number of thiazole rings is 1. The van der Waals surface area contributed by atoms with Gasteiger partial charge in [0, 0.05) is 16.6 Å². The van der Waals surface area contributed by atoms with E-state index in [2.05, 4.69) is 15.6 Å². The summed E-state index contributed by atoms with van der Waals surface area (Å²) < 4.78 is 5.35. The van der Waals surface area contributed by atoms with E-state index >= 15 is 0 Å². The Morgan fingerprint density at radius 3 is 2.42 bits per heavy atom. The fourth-order valence-corrected chi connectivity index (χ4v) is 4.61. The number of aryl methyl sites for hydroxylation is 1. The van der Waals surface area contributed by atoms with Crippen LogP contribution in [0.1, 0.15) is 68.4 Å². The predicted octanol–water partition coefficient (Wildman–Crippen LogP) is 2.52. The predicted molar refractivity (Wildman–Crippen MR) is 98.2 cm³/mol. The van der Waals surface area contributed by atoms with Gasteiger partial charge in [-0.05, 0) is 59.8 Å². The molecule has 0 aliphatic heterocycles. The minimum atomic E-state index is -0.726. The Balaban J connectivity index is 1.65. The second-order valence-electron chi connectivity index (χ2n) is 8.53. The van der Waals surface area contributed by atoms with Gasteiger partial charge in [-0.25, -0.2) is 9.78 Å². The summed E-state index contributed by atoms with van der Waals surface area (Å²) in [4.78, 5) is 28.9. The zero-order valence-electron chi connectivity index (χ0n) is 15.7. The number of carbonyl (C=O) groups excluding carboxylic acids is 2. The average Bonchev–Trinajstić information content (AvgIpc) is 2.94. The van der Waals surface area contributed by atoms with Gasteiger partial charge in [0.05, 0.1) is 11.6 Å². The van der Waals surface area contributed by atoms with Crippen LogP contribution in [-0.4, -0.2) is 44.9 Å². The number of fused-ring (bicyclic) bond motifs is 3. The van der Waals surface area contributed by atoms with Gasteiger partial charge >= 0.3 is 6.09 Å². The molecule has 0 saturated heterocycles. The molecular weight excluding hydrogens is 354 g/mol. The number of hydrogen-bond acceptors (Lipinski definition) is 6. The number of carbonyl (C=O) groups is 2. The van der Waals surface area contributed by atoms with Gasteiger partial charge in [-0.1, -0.05) is 0 Å². The second kappa shape index (κ2) is 6.49. The van der Waals surface area contributed by atoms with Gasteiger partial charge in [0.1, 0.15) is 5.60 Å². The first-order valence-electron chi connectivity index (χ1n) is 8.97. The van der Waals surface area contributed by atoms with E-state index in [0.717, 1.165) is 5.69 Å². The Hall–Kier alpha value is -1.67. The Morgan fingerprint density at radius 1 is 1.27 bits per heavy atom. The van der Waals surface area contributed by atoms with Gasteiger partial charge in [-0.2, -0.15) is 0 Å². The van der Waals surface area contributed by atoms with E-state index < -0.39 is 28.9 Å². The number of aromatic nitrogens is 1. The van der Waals surface area contributed by atoms with Crippen molar-refractivity contribution in [2.24, 2.45) is 0 Å². The van der Waals surface area contributed by atoms with E-state index in [1.54, 1.807) is 0 Å². The van der Waals surface area contributed by atoms with E-state index in [0.29, 0.717) is 37.1 Å². The first kappa shape index (κ1) is 19.1. The third kappa shape index (κ3) is 3.86. The molecular formula is C18H27N3O4S. The molecule has 1 heterocycles. The Labute approximate surface area is 157 Å². The number of alkyl carbamates (subject to hydrolysis) is 1. The topological polar surface area (TPSA) is 101 Å². The number of aliphatic hydroxyl groups is 1. The Bertz CT molecular complexity index is 702. The summed E-state index contributed by atoms with van der Waals surface area (Å²) in [5.41, 5.74) is -0.871. The van der Waals surface area contributed by atoms with Crippen molar-refractivity contribution in [2.45, 2.75) is 82.6 Å². The average molecular weight is 381 g/mol. The number of amides is 2. The van der Waals surface area contributed by atoms with E-state index in [9.17, 15) is 14.7 Å². The number of ether oxygens (including phenoxy) is 1. The van der Waals surface area contributed by atoms with Crippen LogP contribution in [0.5, 0.6) is 0 Å². The number of nitrogens with zero attached hydrogens (tertiary/aromatic N) is 1. The minimum absolute atomic E-state index is 0.190. The molecule has 3 saturated carbocycles. The highest BCUT2D eigenvalue weighted by molar-refractivity contribution is 7.11. The van der Waals surface area contributed by atoms with Gasteiger partial charge in [0.2, 0.25) is 0 Å². The molecule has 0 unspecified atom stereocenters. The molecule has 1 atom stereocenters. The van der Waals surface area contributed by atoms with Crippen molar-refractivity contribution in [1.29, 1.82) is 0 Å². The summed E-state index contributed by atoms with van der Waals surface area (Å²) in [6.07, 6.45) is 1.80. The summed E-state index contributed by atoms with van der Waals surface area (Å²) in [5, 5.41) is 19.0. The monoisotopic (exact) mass is 381 g/mol. The first-order valence-corrected chi connectivity index (χ1v) is 9.84. The molecule has 0 radical (unpaired) electrons. The van der Waals surface area contributed by atoms with Crippen LogP contribution in [0.15, 0.2) is 5.38 Å². The number of hydrogen-bond donors (Lipinski definition) is 3. The smallest absolute Gasteiger partial charge is 0.408 e. The highest BCUT2D eigenvalue weighted by atomic mass is 32.1. The third-order valence-corrected chi connectivity index (χ3v) is 6.22. The largest absolute Gasteiger partial charge is 0.444 e. The summed E-state index contributed by atoms with van der Waals surface area (Å²) in [5.74, 6) is -0.190. The van der Waals surface area contributed by atoms with Crippen molar-refractivity contribution in [2.75, 3.05) is 0 Å². The molecule has 8 heteroatoms. The number of rotatable bonds is 3. The molecule has 2 amide bonds. The summed E-state index contributed by atoms with van der Waals surface area (Å²) in [6.45, 7) is 7.28. The molecule has 1 aromatic heterocycles. The van der Waals surface area contributed by atoms with Crippen LogP contribution in [0.3, 0.4) is 0 Å². The van der Waals surface area contributed by atoms with Crippen molar-refractivity contribution in [3.05, 3.63) is 16.1 Å². The number of nitrogens with one attached hydrogen (secondary N) is 2. The molecule has 7 nitrogen and oxygen atoms in total. The lowest BCUT2D eigenvalue weighted by atomic mass is 9.60. The summed E-state index contributed by atoms with van der Waals surface area (Å²) in [6, 6.07) is 0. The van der Waals surface area contributed by atoms with Crippen LogP contribution in [0, 0.1) is 6.92 Å². The zero-order valence-corrected chi connectivity index (χ0v) is 16.5. The fraction of sp³-hybridized carbons (Fsp3) is 0.722. The van der Waals surface area contributed by atoms with Crippen LogP contribution in [0.2, 0.25) is 0 Å². The SMILES string of the molecule is Cc1csc(C(=O)NC23CCC(NC(=O)OC(C)(C)C)(CC2)[C@H](O)C3)n1. The van der Waals surface area contributed by atoms with E-state index in [-0.39, 0.29) is 5.91 Å². The maximum atomic E-state index is 12.5. The number of aliphatic hydroxyl groups excluding tert-OH is 1. The summed E-state index contributed by atoms with van der Waals surface area (Å²) >= 11 is 1.32. The first-order chi connectivity index (χ1) is 12.0. The molecule has 144 valence electrons. The Morgan fingerprint density at radius 2 is 1.92 bits per heavy atom. The summed E-state index contributed by atoms with van der Waals surface area (Å²) in [7, 11) is 0. The van der Waals surface area contributed by atoms with Crippen molar-refractivity contribution >= 4 is 23.3 Å². The van der Waals surface area contributed by atoms with Crippen molar-refractivity contribution in [1.82, 2.24) is 15.6 Å². The molecule has 26 heavy (non-hydrogen) atoms. The third-order valence-electron chi connectivity index (χ3n) is 5.26. The van der Waals surface area contributed by atoms with Crippen LogP contribution in [-0.2, 0) is 4.74 Å². The van der Waals surface area contributed by atoms with Crippen molar-refractivity contribution in [3.8, 4) is 0 Å². The van der Waals surface area contributed by atoms with Crippen molar-refractivity contribution in [3.63, 3.8) is 0 Å². The molecule has 1 aromatic rings. The fourth-order valence-electron chi connectivity index (χ4n) is 3.92. The highest BCUT2D eigenvalue weighted by Gasteiger charge is 2.55. The second-order valence-corrected chi connectivity index (χ2v) is 9.39. The maximum Gasteiger partial charge on any atom is 0.408 e. The van der Waals surface area contributed by atoms with Gasteiger partial charge < -0.3 is 20.5 Å². The highest BCUT2D eigenvalue weighted by Crippen LogP contribution is 2.47. The molecule has 3 aliphatic rings. The lowest BCUT2D eigenvalue weighted by Crippen LogP contribution is -2.70. The molecule has 0 spiro atoms. The zero-order chi connectivity index (χ0) is 19.2. The standard InChI is InChI=1S/C18H27N3O4S/c1-11-10-26-14(19-11)13(23)20-17-5-7-18(8-6-17,12(22)9-17)21-15(24)25-16(2,3)4/h10,12,22H,5-9H2,1-4H3,(H,20,23)(H,21,24)/t12-,17?,18?/m1/s1. The van der Waals surface area contributed by atoms with Gasteiger partial charge in [0.15, 0.2) is 5.01 Å².